The highest BCUT2D eigenvalue weighted by Crippen LogP contribution is 2.32. The molecule has 5 heteroatoms. The number of ether oxygens (including phenoxy) is 1. The van der Waals surface area contributed by atoms with Crippen LogP contribution in [-0.4, -0.2) is 32.6 Å². The molecule has 0 aliphatic heterocycles. The van der Waals surface area contributed by atoms with E-state index >= 15 is 0 Å². The fourth-order valence-electron chi connectivity index (χ4n) is 2.06. The Morgan fingerprint density at radius 1 is 1.14 bits per heavy atom. The summed E-state index contributed by atoms with van der Waals surface area (Å²) in [6.07, 6.45) is 0. The molecule has 21 heavy (non-hydrogen) atoms. The first-order valence-electron chi connectivity index (χ1n) is 6.76. The van der Waals surface area contributed by atoms with E-state index in [4.69, 9.17) is 4.74 Å². The van der Waals surface area contributed by atoms with E-state index in [2.05, 4.69) is 10.2 Å². The van der Waals surface area contributed by atoms with Crippen LogP contribution in [0.25, 0.3) is 11.3 Å². The molecule has 0 radical (unpaired) electrons. The maximum atomic E-state index is 10.1. The van der Waals surface area contributed by atoms with Crippen LogP contribution in [0.1, 0.15) is 25.0 Å². The van der Waals surface area contributed by atoms with Gasteiger partial charge in [0, 0.05) is 11.6 Å². The van der Waals surface area contributed by atoms with E-state index in [0.29, 0.717) is 17.1 Å². The Balaban J connectivity index is 2.24. The van der Waals surface area contributed by atoms with Gasteiger partial charge in [0.05, 0.1) is 11.3 Å². The van der Waals surface area contributed by atoms with Gasteiger partial charge in [-0.3, -0.25) is 0 Å². The molecule has 2 N–H and O–H groups in total. The quantitative estimate of drug-likeness (QED) is 0.904. The summed E-state index contributed by atoms with van der Waals surface area (Å²) in [5.74, 6) is 0.525. The topological polar surface area (TPSA) is 75.5 Å². The van der Waals surface area contributed by atoms with Crippen molar-refractivity contribution in [2.45, 2.75) is 33.3 Å². The maximum absolute atomic E-state index is 10.1. The summed E-state index contributed by atoms with van der Waals surface area (Å²) in [6, 6.07) is 7.09. The van der Waals surface area contributed by atoms with Gasteiger partial charge < -0.3 is 14.9 Å². The number of aromatic nitrogens is 2. The van der Waals surface area contributed by atoms with E-state index in [0.717, 1.165) is 11.1 Å². The van der Waals surface area contributed by atoms with Gasteiger partial charge in [-0.2, -0.15) is 0 Å². The van der Waals surface area contributed by atoms with E-state index in [1.165, 1.54) is 0 Å². The predicted octanol–water partition coefficient (Wildman–Crippen LogP) is 2.62. The molecule has 112 valence electrons. The first kappa shape index (κ1) is 15.3. The van der Waals surface area contributed by atoms with Crippen molar-refractivity contribution in [2.24, 2.45) is 0 Å². The largest absolute Gasteiger partial charge is 0.507 e. The highest BCUT2D eigenvalue weighted by molar-refractivity contribution is 5.70. The smallest absolute Gasteiger partial charge is 0.233 e. The van der Waals surface area contributed by atoms with Crippen molar-refractivity contribution < 1.29 is 14.9 Å². The van der Waals surface area contributed by atoms with Gasteiger partial charge in [0.1, 0.15) is 12.4 Å². The molecule has 5 nitrogen and oxygen atoms in total. The summed E-state index contributed by atoms with van der Waals surface area (Å²) in [6.45, 7) is 7.29. The van der Waals surface area contributed by atoms with Gasteiger partial charge in [-0.25, -0.2) is 0 Å². The Morgan fingerprint density at radius 3 is 2.38 bits per heavy atom. The molecule has 0 spiro atoms. The van der Waals surface area contributed by atoms with Crippen molar-refractivity contribution in [2.75, 3.05) is 6.61 Å². The second-order valence-electron chi connectivity index (χ2n) is 5.83. The number of phenolic OH excluding ortho intramolecular Hbond substituents is 1. The zero-order valence-corrected chi connectivity index (χ0v) is 12.7. The molecule has 1 aromatic heterocycles. The van der Waals surface area contributed by atoms with E-state index < -0.39 is 5.60 Å². The first-order chi connectivity index (χ1) is 9.76. The molecule has 0 amide bonds. The predicted molar refractivity (Wildman–Crippen MR) is 80.4 cm³/mol. The molecule has 0 saturated carbocycles. The highest BCUT2D eigenvalue weighted by Gasteiger charge is 2.15. The van der Waals surface area contributed by atoms with Gasteiger partial charge in [-0.05, 0) is 51.0 Å². The Hall–Kier alpha value is -2.14. The molecule has 2 rings (SSSR count). The summed E-state index contributed by atoms with van der Waals surface area (Å²) in [4.78, 5) is 0. The molecule has 0 bridgehead atoms. The van der Waals surface area contributed by atoms with Crippen molar-refractivity contribution in [1.82, 2.24) is 10.2 Å². The summed E-state index contributed by atoms with van der Waals surface area (Å²) < 4.78 is 5.35. The summed E-state index contributed by atoms with van der Waals surface area (Å²) in [7, 11) is 0. The van der Waals surface area contributed by atoms with Gasteiger partial charge in [0.25, 0.3) is 0 Å². The van der Waals surface area contributed by atoms with Crippen LogP contribution in [0.2, 0.25) is 0 Å². The summed E-state index contributed by atoms with van der Waals surface area (Å²) in [5.41, 5.74) is 2.26. The molecule has 0 fully saturated rings. The average Bonchev–Trinajstić information content (AvgIpc) is 2.35. The number of nitrogens with zero attached hydrogens (tertiary/aromatic N) is 2. The molecular weight excluding hydrogens is 268 g/mol. The Labute approximate surface area is 124 Å². The number of rotatable bonds is 4. The minimum atomic E-state index is -0.924. The van der Waals surface area contributed by atoms with Crippen LogP contribution >= 0.6 is 0 Å². The first-order valence-corrected chi connectivity index (χ1v) is 6.76. The van der Waals surface area contributed by atoms with Crippen LogP contribution in [-0.2, 0) is 0 Å². The van der Waals surface area contributed by atoms with E-state index in [1.807, 2.05) is 19.9 Å². The second kappa shape index (κ2) is 5.69. The van der Waals surface area contributed by atoms with E-state index in [1.54, 1.807) is 32.0 Å². The van der Waals surface area contributed by atoms with Gasteiger partial charge in [0.15, 0.2) is 0 Å². The third-order valence-electron chi connectivity index (χ3n) is 2.93. The van der Waals surface area contributed by atoms with Crippen molar-refractivity contribution in [3.63, 3.8) is 0 Å². The monoisotopic (exact) mass is 288 g/mol. The van der Waals surface area contributed by atoms with Crippen LogP contribution in [0, 0.1) is 13.8 Å². The molecule has 0 atom stereocenters. The maximum Gasteiger partial charge on any atom is 0.233 e. The van der Waals surface area contributed by atoms with Crippen LogP contribution in [0.3, 0.4) is 0 Å². The Morgan fingerprint density at radius 2 is 1.86 bits per heavy atom. The van der Waals surface area contributed by atoms with Gasteiger partial charge in [-0.1, -0.05) is 6.07 Å². The fourth-order valence-corrected chi connectivity index (χ4v) is 2.06. The summed E-state index contributed by atoms with van der Waals surface area (Å²) >= 11 is 0. The van der Waals surface area contributed by atoms with Crippen molar-refractivity contribution >= 4 is 0 Å². The zero-order valence-electron chi connectivity index (χ0n) is 12.7. The van der Waals surface area contributed by atoms with Crippen molar-refractivity contribution in [3.05, 3.63) is 35.4 Å². The van der Waals surface area contributed by atoms with E-state index in [9.17, 15) is 10.2 Å². The summed E-state index contributed by atoms with van der Waals surface area (Å²) in [5, 5.41) is 27.7. The number of benzene rings is 1. The molecule has 0 saturated heterocycles. The lowest BCUT2D eigenvalue weighted by atomic mass is 10.0. The third-order valence-corrected chi connectivity index (χ3v) is 2.93. The number of aromatic hydroxyl groups is 1. The Kier molecular flexibility index (Phi) is 4.14. The van der Waals surface area contributed by atoms with E-state index in [-0.39, 0.29) is 12.4 Å². The molecule has 0 unspecified atom stereocenters. The van der Waals surface area contributed by atoms with Gasteiger partial charge >= 0.3 is 0 Å². The normalized spacial score (nSPS) is 11.5. The average molecular weight is 288 g/mol. The van der Waals surface area contributed by atoms with Crippen LogP contribution in [0.5, 0.6) is 11.6 Å². The highest BCUT2D eigenvalue weighted by atomic mass is 16.5. The second-order valence-corrected chi connectivity index (χ2v) is 5.83. The zero-order chi connectivity index (χ0) is 15.6. The molecule has 1 aromatic carbocycles. The lowest BCUT2D eigenvalue weighted by Crippen LogP contribution is -2.28. The molecular formula is C16H20N2O3. The number of hydrogen-bond acceptors (Lipinski definition) is 5. The lowest BCUT2D eigenvalue weighted by Gasteiger charge is -2.17. The van der Waals surface area contributed by atoms with Crippen molar-refractivity contribution in [1.29, 1.82) is 0 Å². The third kappa shape index (κ3) is 3.92. The molecule has 2 aromatic rings. The number of aryl methyl sites for hydroxylation is 2. The standard InChI is InChI=1S/C16H20N2O3/c1-10-7-11(2)15(13(19)8-10)12-5-6-14(18-17-12)21-9-16(3,4)20/h5-8,19-20H,9H2,1-4H3. The van der Waals surface area contributed by atoms with Crippen LogP contribution < -0.4 is 4.74 Å². The van der Waals surface area contributed by atoms with Gasteiger partial charge in [0.2, 0.25) is 5.88 Å². The lowest BCUT2D eigenvalue weighted by molar-refractivity contribution is 0.0265. The SMILES string of the molecule is Cc1cc(C)c(-c2ccc(OCC(C)(C)O)nn2)c(O)c1. The molecule has 0 aliphatic rings. The number of aliphatic hydroxyl groups is 1. The minimum absolute atomic E-state index is 0.135. The molecule has 0 aliphatic carbocycles. The number of hydrogen-bond donors (Lipinski definition) is 2. The fraction of sp³-hybridized carbons (Fsp3) is 0.375. The van der Waals surface area contributed by atoms with Crippen LogP contribution in [0.4, 0.5) is 0 Å². The van der Waals surface area contributed by atoms with Crippen molar-refractivity contribution in [3.8, 4) is 22.9 Å². The molecule has 1 heterocycles. The number of phenols is 1. The minimum Gasteiger partial charge on any atom is -0.507 e. The van der Waals surface area contributed by atoms with Crippen LogP contribution in [0.15, 0.2) is 24.3 Å². The van der Waals surface area contributed by atoms with Gasteiger partial charge in [-0.15, -0.1) is 10.2 Å². The Bertz CT molecular complexity index is 608.